The lowest BCUT2D eigenvalue weighted by Crippen LogP contribution is -2.27. The van der Waals surface area contributed by atoms with Crippen molar-refractivity contribution >= 4 is 22.6 Å². The van der Waals surface area contributed by atoms with Crippen molar-refractivity contribution in [2.45, 2.75) is 45.1 Å². The highest BCUT2D eigenvalue weighted by Crippen LogP contribution is 2.35. The average Bonchev–Trinajstić information content (AvgIpc) is 2.28. The van der Waals surface area contributed by atoms with E-state index in [9.17, 15) is 0 Å². The molecule has 0 aromatic heterocycles. The highest BCUT2D eigenvalue weighted by atomic mass is 127. The Kier molecular flexibility index (Phi) is 5.29. The Morgan fingerprint density at radius 1 is 1.35 bits per heavy atom. The Balaban J connectivity index is 2.05. The summed E-state index contributed by atoms with van der Waals surface area (Å²) in [5, 5.41) is 3.72. The number of benzene rings is 1. The third-order valence-electron chi connectivity index (χ3n) is 3.72. The maximum atomic E-state index is 3.72. The topological polar surface area (TPSA) is 12.0 Å². The van der Waals surface area contributed by atoms with E-state index in [1.165, 1.54) is 41.2 Å². The van der Waals surface area contributed by atoms with Gasteiger partial charge in [-0.15, -0.1) is 0 Å². The van der Waals surface area contributed by atoms with E-state index in [0.29, 0.717) is 6.04 Å². The molecule has 0 heterocycles. The van der Waals surface area contributed by atoms with Gasteiger partial charge >= 0.3 is 0 Å². The first-order chi connectivity index (χ1) is 8.31. The van der Waals surface area contributed by atoms with Gasteiger partial charge < -0.3 is 5.32 Å². The lowest BCUT2D eigenvalue weighted by atomic mass is 9.79. The molecular weight excluding hydrogens is 321 g/mol. The van der Waals surface area contributed by atoms with Gasteiger partial charge in [0.15, 0.2) is 0 Å². The van der Waals surface area contributed by atoms with Gasteiger partial charge in [0.05, 0.1) is 0 Å². The number of halogens is 1. The molecule has 2 heteroatoms. The summed E-state index contributed by atoms with van der Waals surface area (Å²) in [6.45, 7) is 3.37. The molecule has 0 bridgehead atoms. The first kappa shape index (κ1) is 13.3. The van der Waals surface area contributed by atoms with Gasteiger partial charge in [0.1, 0.15) is 0 Å². The molecule has 0 amide bonds. The van der Waals surface area contributed by atoms with Gasteiger partial charge in [0.2, 0.25) is 0 Å². The Hall–Kier alpha value is -0.0900. The summed E-state index contributed by atoms with van der Waals surface area (Å²) in [4.78, 5) is 0. The van der Waals surface area contributed by atoms with E-state index < -0.39 is 0 Å². The molecule has 1 aromatic rings. The van der Waals surface area contributed by atoms with Crippen molar-refractivity contribution < 1.29 is 0 Å². The second kappa shape index (κ2) is 6.74. The van der Waals surface area contributed by atoms with Crippen molar-refractivity contribution in [2.24, 2.45) is 5.92 Å². The van der Waals surface area contributed by atoms with E-state index in [-0.39, 0.29) is 0 Å². The molecule has 1 unspecified atom stereocenters. The van der Waals surface area contributed by atoms with Gasteiger partial charge in [-0.1, -0.05) is 44.4 Å². The minimum Gasteiger partial charge on any atom is -0.310 e. The Labute approximate surface area is 119 Å². The van der Waals surface area contributed by atoms with E-state index in [1.807, 2.05) is 0 Å². The number of rotatable bonds is 6. The maximum Gasteiger partial charge on any atom is 0.0333 e. The van der Waals surface area contributed by atoms with Crippen molar-refractivity contribution in [3.63, 3.8) is 0 Å². The van der Waals surface area contributed by atoms with Crippen molar-refractivity contribution in [1.29, 1.82) is 0 Å². The van der Waals surface area contributed by atoms with Crippen molar-refractivity contribution in [3.8, 4) is 0 Å². The molecule has 17 heavy (non-hydrogen) atoms. The van der Waals surface area contributed by atoms with Crippen LogP contribution in [0.5, 0.6) is 0 Å². The molecule has 0 spiro atoms. The summed E-state index contributed by atoms with van der Waals surface area (Å²) in [6.07, 6.45) is 6.85. The third-order valence-corrected chi connectivity index (χ3v) is 4.70. The summed E-state index contributed by atoms with van der Waals surface area (Å²) in [5.41, 5.74) is 1.49. The zero-order valence-corrected chi connectivity index (χ0v) is 12.7. The lowest BCUT2D eigenvalue weighted by molar-refractivity contribution is 0.261. The van der Waals surface area contributed by atoms with Crippen LogP contribution >= 0.6 is 22.6 Å². The van der Waals surface area contributed by atoms with E-state index >= 15 is 0 Å². The van der Waals surface area contributed by atoms with Crippen LogP contribution in [0.25, 0.3) is 0 Å². The van der Waals surface area contributed by atoms with E-state index in [4.69, 9.17) is 0 Å². The number of hydrogen-bond donors (Lipinski definition) is 1. The Morgan fingerprint density at radius 3 is 2.71 bits per heavy atom. The Morgan fingerprint density at radius 2 is 2.12 bits per heavy atom. The molecular formula is C15H22IN. The van der Waals surface area contributed by atoms with Crippen LogP contribution in [0.4, 0.5) is 0 Å². The van der Waals surface area contributed by atoms with Gasteiger partial charge in [0, 0.05) is 9.61 Å². The second-order valence-electron chi connectivity index (χ2n) is 5.06. The monoisotopic (exact) mass is 343 g/mol. The highest BCUT2D eigenvalue weighted by molar-refractivity contribution is 14.1. The summed E-state index contributed by atoms with van der Waals surface area (Å²) in [5.74, 6) is 0.959. The van der Waals surface area contributed by atoms with Crippen LogP contribution in [0.3, 0.4) is 0 Å². The fourth-order valence-electron chi connectivity index (χ4n) is 2.46. The molecule has 0 radical (unpaired) electrons. The summed E-state index contributed by atoms with van der Waals surface area (Å²) in [6, 6.07) is 9.36. The molecule has 1 aliphatic rings. The number of nitrogens with one attached hydrogen (secondary N) is 1. The second-order valence-corrected chi connectivity index (χ2v) is 6.22. The molecule has 1 saturated carbocycles. The SMILES string of the molecule is CCCNC(CC1CCC1)c1ccccc1I. The van der Waals surface area contributed by atoms with Crippen LogP contribution in [0.2, 0.25) is 0 Å². The first-order valence-electron chi connectivity index (χ1n) is 6.79. The predicted octanol–water partition coefficient (Wildman–Crippen LogP) is 4.52. The highest BCUT2D eigenvalue weighted by Gasteiger charge is 2.23. The smallest absolute Gasteiger partial charge is 0.0333 e. The molecule has 1 fully saturated rings. The molecule has 1 N–H and O–H groups in total. The molecule has 2 rings (SSSR count). The third kappa shape index (κ3) is 3.68. The molecule has 1 nitrogen and oxygen atoms in total. The van der Waals surface area contributed by atoms with Crippen LogP contribution in [0.15, 0.2) is 24.3 Å². The molecule has 0 saturated heterocycles. The van der Waals surface area contributed by atoms with Crippen molar-refractivity contribution in [1.82, 2.24) is 5.32 Å². The minimum atomic E-state index is 0.563. The Bertz CT molecular complexity index is 347. The van der Waals surface area contributed by atoms with Gasteiger partial charge in [-0.05, 0) is 59.5 Å². The number of hydrogen-bond acceptors (Lipinski definition) is 1. The largest absolute Gasteiger partial charge is 0.310 e. The quantitative estimate of drug-likeness (QED) is 0.749. The fraction of sp³-hybridized carbons (Fsp3) is 0.600. The van der Waals surface area contributed by atoms with Crippen LogP contribution < -0.4 is 5.32 Å². The van der Waals surface area contributed by atoms with E-state index in [0.717, 1.165) is 12.5 Å². The standard InChI is InChI=1S/C15H22IN/c1-2-10-17-15(11-12-6-5-7-12)13-8-3-4-9-14(13)16/h3-4,8-9,12,15,17H,2,5-7,10-11H2,1H3. The maximum absolute atomic E-state index is 3.72. The van der Waals surface area contributed by atoms with Crippen LogP contribution in [0, 0.1) is 9.49 Å². The van der Waals surface area contributed by atoms with E-state index in [2.05, 4.69) is 59.1 Å². The molecule has 1 aliphatic carbocycles. The van der Waals surface area contributed by atoms with Crippen molar-refractivity contribution in [3.05, 3.63) is 33.4 Å². The van der Waals surface area contributed by atoms with Crippen molar-refractivity contribution in [2.75, 3.05) is 6.54 Å². The fourth-order valence-corrected chi connectivity index (χ4v) is 3.22. The zero-order chi connectivity index (χ0) is 12.1. The minimum absolute atomic E-state index is 0.563. The van der Waals surface area contributed by atoms with Gasteiger partial charge in [-0.3, -0.25) is 0 Å². The van der Waals surface area contributed by atoms with Gasteiger partial charge in [-0.25, -0.2) is 0 Å². The average molecular weight is 343 g/mol. The summed E-state index contributed by atoms with van der Waals surface area (Å²) in [7, 11) is 0. The summed E-state index contributed by atoms with van der Waals surface area (Å²) < 4.78 is 1.40. The van der Waals surface area contributed by atoms with E-state index in [1.54, 1.807) is 0 Å². The van der Waals surface area contributed by atoms with Gasteiger partial charge in [0.25, 0.3) is 0 Å². The van der Waals surface area contributed by atoms with Gasteiger partial charge in [-0.2, -0.15) is 0 Å². The molecule has 1 aromatic carbocycles. The van der Waals surface area contributed by atoms with Crippen LogP contribution in [-0.2, 0) is 0 Å². The molecule has 0 aliphatic heterocycles. The van der Waals surface area contributed by atoms with Crippen LogP contribution in [-0.4, -0.2) is 6.54 Å². The normalized spacial score (nSPS) is 17.8. The zero-order valence-electron chi connectivity index (χ0n) is 10.6. The van der Waals surface area contributed by atoms with Crippen LogP contribution in [0.1, 0.15) is 50.6 Å². The predicted molar refractivity (Wildman–Crippen MR) is 82.2 cm³/mol. The summed E-state index contributed by atoms with van der Waals surface area (Å²) >= 11 is 2.46. The lowest BCUT2D eigenvalue weighted by Gasteiger charge is -2.31. The molecule has 94 valence electrons. The molecule has 1 atom stereocenters. The first-order valence-corrected chi connectivity index (χ1v) is 7.87.